The topological polar surface area (TPSA) is 36.3 Å². The van der Waals surface area contributed by atoms with Gasteiger partial charge in [-0.3, -0.25) is 0 Å². The van der Waals surface area contributed by atoms with Gasteiger partial charge in [-0.15, -0.1) is 0 Å². The van der Waals surface area contributed by atoms with Crippen LogP contribution in [0.25, 0.3) is 11.4 Å². The van der Waals surface area contributed by atoms with Crippen LogP contribution in [0.3, 0.4) is 0 Å². The summed E-state index contributed by atoms with van der Waals surface area (Å²) in [4.78, 5) is 4.82. The number of fused-ring (bicyclic) bond motifs is 1. The summed E-state index contributed by atoms with van der Waals surface area (Å²) in [6.07, 6.45) is 2.53. The first-order valence-electron chi connectivity index (χ1n) is 7.26. The Bertz CT molecular complexity index is 690. The minimum Gasteiger partial charge on any atom is -0.347 e. The van der Waals surface area contributed by atoms with Crippen LogP contribution in [-0.2, 0) is 29.4 Å². The number of benzene rings is 1. The fourth-order valence-corrected chi connectivity index (χ4v) is 3.54. The molecule has 0 bridgehead atoms. The zero-order valence-corrected chi connectivity index (χ0v) is 12.7. The second kappa shape index (κ2) is 4.83. The third-order valence-corrected chi connectivity index (χ3v) is 4.73. The van der Waals surface area contributed by atoms with E-state index in [1.54, 1.807) is 0 Å². The number of hydrogen-bond acceptors (Lipinski definition) is 3. The van der Waals surface area contributed by atoms with Gasteiger partial charge in [-0.1, -0.05) is 23.7 Å². The minimum atomic E-state index is -0.445. The Balaban J connectivity index is 1.77. The molecule has 21 heavy (non-hydrogen) atoms. The molecular weight excluding hydrogens is 288 g/mol. The molecule has 0 unspecified atom stereocenters. The monoisotopic (exact) mass is 304 g/mol. The molecule has 5 heteroatoms. The van der Waals surface area contributed by atoms with E-state index >= 15 is 0 Å². The third kappa shape index (κ3) is 2.09. The van der Waals surface area contributed by atoms with Gasteiger partial charge in [-0.25, -0.2) is 4.98 Å². The summed E-state index contributed by atoms with van der Waals surface area (Å²) in [5.41, 5.74) is 3.30. The quantitative estimate of drug-likeness (QED) is 0.812. The Kier molecular flexibility index (Phi) is 3.06. The Hall–Kier alpha value is -1.36. The number of rotatable bonds is 1. The van der Waals surface area contributed by atoms with Gasteiger partial charge >= 0.3 is 0 Å². The lowest BCUT2D eigenvalue weighted by atomic mass is 9.95. The maximum Gasteiger partial charge on any atom is 0.174 e. The molecule has 1 aromatic carbocycles. The molecule has 0 atom stereocenters. The minimum absolute atomic E-state index is 0.445. The molecular formula is C16H17ClN2O2. The molecule has 2 heterocycles. The summed E-state index contributed by atoms with van der Waals surface area (Å²) in [7, 11) is 2.05. The van der Waals surface area contributed by atoms with E-state index in [9.17, 15) is 0 Å². The predicted molar refractivity (Wildman–Crippen MR) is 80.3 cm³/mol. The molecule has 1 fully saturated rings. The molecule has 0 amide bonds. The fraction of sp³-hybridized carbons (Fsp3) is 0.438. The summed E-state index contributed by atoms with van der Waals surface area (Å²) in [6, 6.07) is 7.83. The second-order valence-electron chi connectivity index (χ2n) is 5.65. The van der Waals surface area contributed by atoms with Crippen molar-refractivity contribution in [1.82, 2.24) is 9.55 Å². The van der Waals surface area contributed by atoms with E-state index in [1.807, 2.05) is 24.3 Å². The zero-order chi connectivity index (χ0) is 14.4. The maximum atomic E-state index is 6.31. The van der Waals surface area contributed by atoms with Crippen LogP contribution in [0.2, 0.25) is 5.02 Å². The van der Waals surface area contributed by atoms with Crippen molar-refractivity contribution in [2.75, 3.05) is 13.2 Å². The van der Waals surface area contributed by atoms with Crippen LogP contribution in [0.4, 0.5) is 0 Å². The Morgan fingerprint density at radius 2 is 2.00 bits per heavy atom. The SMILES string of the molecule is Cn1c(-c2ccccc2Cl)nc2c1CCC1(C2)OCCO1. The maximum absolute atomic E-state index is 6.31. The number of imidazole rings is 1. The molecule has 1 spiro atoms. The molecule has 1 aromatic heterocycles. The first-order valence-corrected chi connectivity index (χ1v) is 7.64. The van der Waals surface area contributed by atoms with Gasteiger partial charge in [0.1, 0.15) is 5.82 Å². The molecule has 1 saturated heterocycles. The van der Waals surface area contributed by atoms with E-state index in [0.717, 1.165) is 41.4 Å². The van der Waals surface area contributed by atoms with Crippen molar-refractivity contribution in [1.29, 1.82) is 0 Å². The van der Waals surface area contributed by atoms with Crippen LogP contribution >= 0.6 is 11.6 Å². The van der Waals surface area contributed by atoms with E-state index in [0.29, 0.717) is 13.2 Å². The highest BCUT2D eigenvalue weighted by atomic mass is 35.5. The van der Waals surface area contributed by atoms with E-state index in [2.05, 4.69) is 11.6 Å². The van der Waals surface area contributed by atoms with Crippen molar-refractivity contribution in [2.24, 2.45) is 7.05 Å². The van der Waals surface area contributed by atoms with Crippen LogP contribution in [0.5, 0.6) is 0 Å². The van der Waals surface area contributed by atoms with E-state index in [4.69, 9.17) is 26.1 Å². The first-order chi connectivity index (χ1) is 10.2. The number of aromatic nitrogens is 2. The lowest BCUT2D eigenvalue weighted by Gasteiger charge is -2.30. The molecule has 0 radical (unpaired) electrons. The highest BCUT2D eigenvalue weighted by Gasteiger charge is 2.41. The lowest BCUT2D eigenvalue weighted by Crippen LogP contribution is -2.37. The third-order valence-electron chi connectivity index (χ3n) is 4.40. The molecule has 4 nitrogen and oxygen atoms in total. The smallest absolute Gasteiger partial charge is 0.174 e. The summed E-state index contributed by atoms with van der Waals surface area (Å²) in [6.45, 7) is 1.36. The predicted octanol–water partition coefficient (Wildman–Crippen LogP) is 2.97. The number of ether oxygens (including phenoxy) is 2. The Morgan fingerprint density at radius 1 is 1.24 bits per heavy atom. The van der Waals surface area contributed by atoms with Crippen LogP contribution < -0.4 is 0 Å². The van der Waals surface area contributed by atoms with E-state index < -0.39 is 5.79 Å². The fourth-order valence-electron chi connectivity index (χ4n) is 3.32. The molecule has 1 aliphatic carbocycles. The van der Waals surface area contributed by atoms with Gasteiger partial charge in [0.05, 0.1) is 23.9 Å². The number of halogens is 1. The molecule has 0 saturated carbocycles. The first kappa shape index (κ1) is 13.3. The normalized spacial score (nSPS) is 19.9. The van der Waals surface area contributed by atoms with Gasteiger partial charge in [0.2, 0.25) is 0 Å². The summed E-state index contributed by atoms with van der Waals surface area (Å²) in [5.74, 6) is 0.472. The lowest BCUT2D eigenvalue weighted by molar-refractivity contribution is -0.164. The van der Waals surface area contributed by atoms with Crippen molar-refractivity contribution in [3.63, 3.8) is 0 Å². The standard InChI is InChI=1S/C16H17ClN2O2/c1-19-14-6-7-16(20-8-9-21-16)10-13(14)18-15(19)11-4-2-3-5-12(11)17/h2-5H,6-10H2,1H3. The van der Waals surface area contributed by atoms with Gasteiger partial charge in [-0.2, -0.15) is 0 Å². The van der Waals surface area contributed by atoms with Crippen LogP contribution in [0.1, 0.15) is 17.8 Å². The van der Waals surface area contributed by atoms with Crippen molar-refractivity contribution in [3.8, 4) is 11.4 Å². The van der Waals surface area contributed by atoms with Crippen molar-refractivity contribution >= 4 is 11.6 Å². The highest BCUT2D eigenvalue weighted by molar-refractivity contribution is 6.33. The van der Waals surface area contributed by atoms with Gasteiger partial charge in [0, 0.05) is 31.1 Å². The van der Waals surface area contributed by atoms with Crippen molar-refractivity contribution in [3.05, 3.63) is 40.7 Å². The van der Waals surface area contributed by atoms with E-state index in [1.165, 1.54) is 5.69 Å². The zero-order valence-electron chi connectivity index (χ0n) is 11.9. The van der Waals surface area contributed by atoms with Crippen molar-refractivity contribution in [2.45, 2.75) is 25.0 Å². The number of hydrogen-bond donors (Lipinski definition) is 0. The molecule has 4 rings (SSSR count). The molecule has 110 valence electrons. The second-order valence-corrected chi connectivity index (χ2v) is 6.06. The average Bonchev–Trinajstić information content (AvgIpc) is 3.05. The van der Waals surface area contributed by atoms with Crippen LogP contribution in [0.15, 0.2) is 24.3 Å². The van der Waals surface area contributed by atoms with Crippen molar-refractivity contribution < 1.29 is 9.47 Å². The van der Waals surface area contributed by atoms with Crippen LogP contribution in [-0.4, -0.2) is 28.6 Å². The number of nitrogens with zero attached hydrogens (tertiary/aromatic N) is 2. The highest BCUT2D eigenvalue weighted by Crippen LogP contribution is 2.37. The average molecular weight is 305 g/mol. The van der Waals surface area contributed by atoms with Gasteiger partial charge < -0.3 is 14.0 Å². The summed E-state index contributed by atoms with van der Waals surface area (Å²) >= 11 is 6.31. The van der Waals surface area contributed by atoms with Gasteiger partial charge in [-0.05, 0) is 18.6 Å². The largest absolute Gasteiger partial charge is 0.347 e. The molecule has 0 N–H and O–H groups in total. The molecule has 1 aliphatic heterocycles. The Morgan fingerprint density at radius 3 is 2.76 bits per heavy atom. The van der Waals surface area contributed by atoms with E-state index in [-0.39, 0.29) is 0 Å². The molecule has 2 aliphatic rings. The van der Waals surface area contributed by atoms with Gasteiger partial charge in [0.15, 0.2) is 5.79 Å². The van der Waals surface area contributed by atoms with Crippen LogP contribution in [0, 0.1) is 0 Å². The van der Waals surface area contributed by atoms with Gasteiger partial charge in [0.25, 0.3) is 0 Å². The molecule has 2 aromatic rings. The summed E-state index contributed by atoms with van der Waals surface area (Å²) < 4.78 is 13.8. The Labute approximate surface area is 128 Å². The summed E-state index contributed by atoms with van der Waals surface area (Å²) in [5, 5.41) is 0.728.